The molecule has 0 radical (unpaired) electrons. The molecular weight excluding hydrogens is 242 g/mol. The third kappa shape index (κ3) is 2.82. The second-order valence-electron chi connectivity index (χ2n) is 3.29. The van der Waals surface area contributed by atoms with Gasteiger partial charge in [-0.25, -0.2) is 0 Å². The van der Waals surface area contributed by atoms with E-state index in [4.69, 9.17) is 0 Å². The summed E-state index contributed by atoms with van der Waals surface area (Å²) in [5, 5.41) is 13.1. The van der Waals surface area contributed by atoms with Gasteiger partial charge in [-0.1, -0.05) is 0 Å². The van der Waals surface area contributed by atoms with Crippen LogP contribution < -0.4 is 5.32 Å². The van der Waals surface area contributed by atoms with Gasteiger partial charge in [-0.15, -0.1) is 11.8 Å². The highest BCUT2D eigenvalue weighted by Gasteiger charge is 2.15. The molecule has 1 aliphatic rings. The highest BCUT2D eigenvalue weighted by atomic mass is 32.2. The zero-order valence-electron chi connectivity index (χ0n) is 8.70. The number of nitro benzene ring substituents is 1. The highest BCUT2D eigenvalue weighted by molar-refractivity contribution is 8.00. The number of aliphatic imine (C=N–C) groups is 1. The highest BCUT2D eigenvalue weighted by Crippen LogP contribution is 2.16. The summed E-state index contributed by atoms with van der Waals surface area (Å²) in [5.74, 6) is 0.502. The number of benzene rings is 1. The summed E-state index contributed by atoms with van der Waals surface area (Å²) in [4.78, 5) is 25.7. The summed E-state index contributed by atoms with van der Waals surface area (Å²) in [6, 6.07) is 5.47. The predicted octanol–water partition coefficient (Wildman–Crippen LogP) is 1.43. The molecular formula is C10H9N3O3S. The average molecular weight is 251 g/mol. The fraction of sp³-hybridized carbons (Fsp3) is 0.200. The van der Waals surface area contributed by atoms with E-state index in [1.54, 1.807) is 6.21 Å². The molecule has 88 valence electrons. The van der Waals surface area contributed by atoms with Crippen molar-refractivity contribution in [1.29, 1.82) is 0 Å². The van der Waals surface area contributed by atoms with Gasteiger partial charge in [0.25, 0.3) is 11.6 Å². The van der Waals surface area contributed by atoms with Gasteiger partial charge in [0.2, 0.25) is 0 Å². The number of non-ortho nitro benzene ring substituents is 1. The lowest BCUT2D eigenvalue weighted by Gasteiger charge is -2.08. The van der Waals surface area contributed by atoms with Crippen LogP contribution in [0.5, 0.6) is 0 Å². The van der Waals surface area contributed by atoms with Gasteiger partial charge in [0.15, 0.2) is 5.50 Å². The minimum absolute atomic E-state index is 0.0326. The molecule has 0 spiro atoms. The quantitative estimate of drug-likeness (QED) is 0.650. The number of nitrogens with zero attached hydrogens (tertiary/aromatic N) is 2. The average Bonchev–Trinajstić information content (AvgIpc) is 2.82. The van der Waals surface area contributed by atoms with E-state index in [0.717, 1.165) is 5.75 Å². The van der Waals surface area contributed by atoms with Gasteiger partial charge in [-0.05, 0) is 12.1 Å². The molecule has 1 aromatic rings. The Kier molecular flexibility index (Phi) is 3.38. The van der Waals surface area contributed by atoms with Crippen LogP contribution in [0.4, 0.5) is 5.69 Å². The van der Waals surface area contributed by atoms with Gasteiger partial charge < -0.3 is 5.32 Å². The van der Waals surface area contributed by atoms with Gasteiger partial charge in [0.1, 0.15) is 0 Å². The molecule has 1 unspecified atom stereocenters. The third-order valence-electron chi connectivity index (χ3n) is 2.16. The monoisotopic (exact) mass is 251 g/mol. The Morgan fingerprint density at radius 3 is 2.71 bits per heavy atom. The van der Waals surface area contributed by atoms with Gasteiger partial charge in [-0.3, -0.25) is 19.9 Å². The lowest BCUT2D eigenvalue weighted by Crippen LogP contribution is -2.29. The van der Waals surface area contributed by atoms with Crippen LogP contribution in [0.3, 0.4) is 0 Å². The summed E-state index contributed by atoms with van der Waals surface area (Å²) in [7, 11) is 0. The van der Waals surface area contributed by atoms with Crippen LogP contribution in [0, 0.1) is 10.1 Å². The summed E-state index contributed by atoms with van der Waals surface area (Å²) in [6.45, 7) is 0. The number of nitrogens with one attached hydrogen (secondary N) is 1. The molecule has 6 nitrogen and oxygen atoms in total. The minimum Gasteiger partial charge on any atom is -0.322 e. The fourth-order valence-corrected chi connectivity index (χ4v) is 2.04. The Balaban J connectivity index is 2.03. The van der Waals surface area contributed by atoms with E-state index >= 15 is 0 Å². The Bertz CT molecular complexity index is 472. The fourth-order valence-electron chi connectivity index (χ4n) is 1.32. The Labute approximate surface area is 101 Å². The summed E-state index contributed by atoms with van der Waals surface area (Å²) >= 11 is 1.51. The van der Waals surface area contributed by atoms with Crippen LogP contribution in [0.2, 0.25) is 0 Å². The van der Waals surface area contributed by atoms with E-state index in [9.17, 15) is 14.9 Å². The molecule has 0 aromatic heterocycles. The zero-order valence-corrected chi connectivity index (χ0v) is 9.52. The molecule has 1 N–H and O–H groups in total. The number of amides is 1. The standard InChI is InChI=1S/C10H9N3O3S/c14-9(12-10-11-5-6-17-10)7-1-3-8(4-2-7)13(15)16/h1-5,10H,6H2,(H,12,14). The third-order valence-corrected chi connectivity index (χ3v) is 3.06. The number of thioether (sulfide) groups is 1. The molecule has 1 heterocycles. The van der Waals surface area contributed by atoms with E-state index < -0.39 is 4.92 Å². The molecule has 7 heteroatoms. The number of rotatable bonds is 3. The lowest BCUT2D eigenvalue weighted by atomic mass is 10.2. The topological polar surface area (TPSA) is 84.6 Å². The van der Waals surface area contributed by atoms with Crippen LogP contribution in [0.25, 0.3) is 0 Å². The van der Waals surface area contributed by atoms with Gasteiger partial charge >= 0.3 is 0 Å². The first-order valence-electron chi connectivity index (χ1n) is 4.85. The number of nitro groups is 1. The van der Waals surface area contributed by atoms with E-state index in [-0.39, 0.29) is 17.1 Å². The second-order valence-corrected chi connectivity index (χ2v) is 4.41. The first-order valence-corrected chi connectivity index (χ1v) is 5.90. The van der Waals surface area contributed by atoms with Crippen molar-refractivity contribution >= 4 is 29.6 Å². The Hall–Kier alpha value is -1.89. The van der Waals surface area contributed by atoms with Crippen LogP contribution in [-0.2, 0) is 0 Å². The summed E-state index contributed by atoms with van der Waals surface area (Å²) < 4.78 is 0. The van der Waals surface area contributed by atoms with Crippen molar-refractivity contribution in [2.24, 2.45) is 4.99 Å². The van der Waals surface area contributed by atoms with Crippen molar-refractivity contribution in [3.63, 3.8) is 0 Å². The maximum absolute atomic E-state index is 11.7. The largest absolute Gasteiger partial charge is 0.322 e. The molecule has 0 bridgehead atoms. The first-order chi connectivity index (χ1) is 8.16. The van der Waals surface area contributed by atoms with Crippen molar-refractivity contribution in [2.45, 2.75) is 5.50 Å². The zero-order chi connectivity index (χ0) is 12.3. The summed E-state index contributed by atoms with van der Waals surface area (Å²) in [6.07, 6.45) is 1.74. The van der Waals surface area contributed by atoms with Crippen molar-refractivity contribution in [2.75, 3.05) is 5.75 Å². The molecule has 0 aliphatic carbocycles. The molecule has 2 rings (SSSR count). The second kappa shape index (κ2) is 4.96. The Morgan fingerprint density at radius 2 is 2.18 bits per heavy atom. The van der Waals surface area contributed by atoms with Crippen molar-refractivity contribution < 1.29 is 9.72 Å². The van der Waals surface area contributed by atoms with E-state index in [2.05, 4.69) is 10.3 Å². The van der Waals surface area contributed by atoms with Crippen LogP contribution >= 0.6 is 11.8 Å². The number of hydrogen-bond acceptors (Lipinski definition) is 5. The van der Waals surface area contributed by atoms with Crippen LogP contribution in [0.1, 0.15) is 10.4 Å². The van der Waals surface area contributed by atoms with Gasteiger partial charge in [-0.2, -0.15) is 0 Å². The van der Waals surface area contributed by atoms with Crippen molar-refractivity contribution in [3.05, 3.63) is 39.9 Å². The lowest BCUT2D eigenvalue weighted by molar-refractivity contribution is -0.384. The molecule has 0 fully saturated rings. The minimum atomic E-state index is -0.501. The number of carbonyl (C=O) groups excluding carboxylic acids is 1. The predicted molar refractivity (Wildman–Crippen MR) is 65.3 cm³/mol. The maximum atomic E-state index is 11.7. The van der Waals surface area contributed by atoms with E-state index in [0.29, 0.717) is 5.56 Å². The van der Waals surface area contributed by atoms with Crippen molar-refractivity contribution in [1.82, 2.24) is 5.32 Å². The van der Waals surface area contributed by atoms with Crippen LogP contribution in [0.15, 0.2) is 29.3 Å². The normalized spacial score (nSPS) is 18.0. The van der Waals surface area contributed by atoms with Crippen molar-refractivity contribution in [3.8, 4) is 0 Å². The SMILES string of the molecule is O=C(NC1N=CCS1)c1ccc([N+](=O)[O-])cc1. The van der Waals surface area contributed by atoms with Crippen LogP contribution in [-0.4, -0.2) is 28.3 Å². The number of hydrogen-bond donors (Lipinski definition) is 1. The van der Waals surface area contributed by atoms with E-state index in [1.165, 1.54) is 36.0 Å². The first kappa shape index (κ1) is 11.6. The van der Waals surface area contributed by atoms with Gasteiger partial charge in [0, 0.05) is 29.7 Å². The smallest absolute Gasteiger partial charge is 0.269 e. The maximum Gasteiger partial charge on any atom is 0.269 e. The molecule has 1 aromatic carbocycles. The summed E-state index contributed by atoms with van der Waals surface area (Å²) in [5.41, 5.74) is 0.103. The van der Waals surface area contributed by atoms with E-state index in [1.807, 2.05) is 0 Å². The molecule has 1 aliphatic heterocycles. The molecule has 17 heavy (non-hydrogen) atoms. The molecule has 1 amide bonds. The molecule has 0 saturated heterocycles. The molecule has 1 atom stereocenters. The molecule has 0 saturated carbocycles. The Morgan fingerprint density at radius 1 is 1.47 bits per heavy atom. The number of carbonyl (C=O) groups is 1. The van der Waals surface area contributed by atoms with Gasteiger partial charge in [0.05, 0.1) is 4.92 Å².